The summed E-state index contributed by atoms with van der Waals surface area (Å²) >= 11 is 0. The molecule has 1 aromatic rings. The third kappa shape index (κ3) is 8.55. The molecule has 21 heavy (non-hydrogen) atoms. The maximum Gasteiger partial charge on any atom is 0.257 e. The average Bonchev–Trinajstić information content (AvgIpc) is 2.41. The summed E-state index contributed by atoms with van der Waals surface area (Å²) in [5.74, 6) is 0.641. The van der Waals surface area contributed by atoms with Gasteiger partial charge in [0.1, 0.15) is 5.75 Å². The van der Waals surface area contributed by atoms with E-state index in [9.17, 15) is 4.79 Å². The Hall–Kier alpha value is -1.30. The van der Waals surface area contributed by atoms with Crippen molar-refractivity contribution in [2.24, 2.45) is 0 Å². The molecule has 1 rings (SSSR count). The Kier molecular flexibility index (Phi) is 10.7. The highest BCUT2D eigenvalue weighted by atomic mass is 35.5. The molecule has 1 aromatic carbocycles. The second-order valence-electron chi connectivity index (χ2n) is 4.65. The van der Waals surface area contributed by atoms with Crippen molar-refractivity contribution in [3.8, 4) is 5.75 Å². The summed E-state index contributed by atoms with van der Waals surface area (Å²) in [6, 6.07) is 5.90. The van der Waals surface area contributed by atoms with E-state index in [1.807, 2.05) is 32.0 Å². The number of hydrogen-bond acceptors (Lipinski definition) is 4. The van der Waals surface area contributed by atoms with Crippen LogP contribution < -0.4 is 15.4 Å². The second-order valence-corrected chi connectivity index (χ2v) is 4.65. The fourth-order valence-electron chi connectivity index (χ4n) is 1.75. The number of ether oxygens (including phenoxy) is 2. The quantitative estimate of drug-likeness (QED) is 0.677. The van der Waals surface area contributed by atoms with Crippen LogP contribution in [0.4, 0.5) is 0 Å². The van der Waals surface area contributed by atoms with E-state index in [4.69, 9.17) is 9.47 Å². The molecule has 2 N–H and O–H groups in total. The van der Waals surface area contributed by atoms with Crippen molar-refractivity contribution in [3.63, 3.8) is 0 Å². The summed E-state index contributed by atoms with van der Waals surface area (Å²) in [6.07, 6.45) is 0. The molecule has 6 heteroatoms. The topological polar surface area (TPSA) is 59.6 Å². The molecule has 0 fully saturated rings. The summed E-state index contributed by atoms with van der Waals surface area (Å²) in [7, 11) is 1.66. The van der Waals surface area contributed by atoms with Crippen molar-refractivity contribution in [1.29, 1.82) is 0 Å². The minimum absolute atomic E-state index is 0. The van der Waals surface area contributed by atoms with Crippen molar-refractivity contribution in [1.82, 2.24) is 10.6 Å². The lowest BCUT2D eigenvalue weighted by molar-refractivity contribution is -0.123. The zero-order valence-corrected chi connectivity index (χ0v) is 13.7. The van der Waals surface area contributed by atoms with Crippen LogP contribution in [0.1, 0.15) is 11.1 Å². The molecule has 0 aliphatic heterocycles. The molecule has 0 bridgehead atoms. The molecule has 120 valence electrons. The number of halogens is 1. The van der Waals surface area contributed by atoms with Gasteiger partial charge in [0.05, 0.1) is 6.61 Å². The average molecular weight is 317 g/mol. The summed E-state index contributed by atoms with van der Waals surface area (Å²) in [6.45, 7) is 6.80. The first-order chi connectivity index (χ1) is 9.63. The Balaban J connectivity index is 0.00000400. The fraction of sp³-hybridized carbons (Fsp3) is 0.533. The van der Waals surface area contributed by atoms with Crippen LogP contribution >= 0.6 is 12.4 Å². The van der Waals surface area contributed by atoms with E-state index in [0.717, 1.165) is 24.4 Å². The number of methoxy groups -OCH3 is 1. The van der Waals surface area contributed by atoms with Gasteiger partial charge >= 0.3 is 0 Å². The first-order valence-electron chi connectivity index (χ1n) is 6.80. The number of carbonyl (C=O) groups is 1. The van der Waals surface area contributed by atoms with Gasteiger partial charge in [-0.2, -0.15) is 0 Å². The summed E-state index contributed by atoms with van der Waals surface area (Å²) < 4.78 is 10.4. The van der Waals surface area contributed by atoms with Crippen LogP contribution in [0.2, 0.25) is 0 Å². The van der Waals surface area contributed by atoms with Crippen LogP contribution in [-0.2, 0) is 9.53 Å². The standard InChI is InChI=1S/C15H24N2O3.ClH/c1-12-4-5-14(13(2)10-12)20-11-15(18)17-7-6-16-8-9-19-3;/h4-5,10,16H,6-9,11H2,1-3H3,(H,17,18);1H. The van der Waals surface area contributed by atoms with Crippen LogP contribution in [-0.4, -0.2) is 45.9 Å². The van der Waals surface area contributed by atoms with Crippen molar-refractivity contribution in [2.45, 2.75) is 13.8 Å². The van der Waals surface area contributed by atoms with Crippen molar-refractivity contribution in [3.05, 3.63) is 29.3 Å². The Morgan fingerprint density at radius 3 is 2.62 bits per heavy atom. The number of nitrogens with one attached hydrogen (secondary N) is 2. The third-order valence-corrected chi connectivity index (χ3v) is 2.80. The molecular weight excluding hydrogens is 292 g/mol. The van der Waals surface area contributed by atoms with Gasteiger partial charge in [0, 0.05) is 26.7 Å². The molecule has 1 amide bonds. The van der Waals surface area contributed by atoms with E-state index in [1.165, 1.54) is 5.56 Å². The Labute approximate surface area is 132 Å². The highest BCUT2D eigenvalue weighted by molar-refractivity contribution is 5.85. The zero-order valence-electron chi connectivity index (χ0n) is 12.9. The molecule has 0 spiro atoms. The SMILES string of the molecule is COCCNCCNC(=O)COc1ccc(C)cc1C.Cl. The largest absolute Gasteiger partial charge is 0.484 e. The number of carbonyl (C=O) groups excluding carboxylic acids is 1. The normalized spacial score (nSPS) is 9.86. The first-order valence-corrected chi connectivity index (χ1v) is 6.80. The number of rotatable bonds is 9. The molecule has 0 aromatic heterocycles. The van der Waals surface area contributed by atoms with Gasteiger partial charge in [0.15, 0.2) is 6.61 Å². The molecule has 5 nitrogen and oxygen atoms in total. The smallest absolute Gasteiger partial charge is 0.257 e. The lowest BCUT2D eigenvalue weighted by Gasteiger charge is -2.10. The van der Waals surface area contributed by atoms with Crippen molar-refractivity contribution >= 4 is 18.3 Å². The first kappa shape index (κ1) is 19.7. The van der Waals surface area contributed by atoms with Gasteiger partial charge in [0.25, 0.3) is 5.91 Å². The molecule has 0 aliphatic carbocycles. The molecule has 0 saturated heterocycles. The maximum absolute atomic E-state index is 11.6. The van der Waals surface area contributed by atoms with E-state index in [0.29, 0.717) is 13.2 Å². The Morgan fingerprint density at radius 1 is 1.19 bits per heavy atom. The van der Waals surface area contributed by atoms with E-state index >= 15 is 0 Å². The Bertz CT molecular complexity index is 427. The molecule has 0 aliphatic rings. The van der Waals surface area contributed by atoms with Crippen LogP contribution in [0.5, 0.6) is 5.75 Å². The molecule has 0 atom stereocenters. The van der Waals surface area contributed by atoms with E-state index in [-0.39, 0.29) is 24.9 Å². The van der Waals surface area contributed by atoms with Gasteiger partial charge in [-0.25, -0.2) is 0 Å². The molecule has 0 saturated carbocycles. The van der Waals surface area contributed by atoms with Gasteiger partial charge in [-0.3, -0.25) is 4.79 Å². The van der Waals surface area contributed by atoms with Crippen molar-refractivity contribution < 1.29 is 14.3 Å². The van der Waals surface area contributed by atoms with E-state index in [1.54, 1.807) is 7.11 Å². The van der Waals surface area contributed by atoms with Gasteiger partial charge in [-0.15, -0.1) is 12.4 Å². The molecule has 0 radical (unpaired) electrons. The summed E-state index contributed by atoms with van der Waals surface area (Å²) in [4.78, 5) is 11.6. The Morgan fingerprint density at radius 2 is 1.95 bits per heavy atom. The molecular formula is C15H25ClN2O3. The summed E-state index contributed by atoms with van der Waals surface area (Å²) in [5, 5.41) is 5.94. The van der Waals surface area contributed by atoms with Crippen LogP contribution in [0, 0.1) is 13.8 Å². The number of hydrogen-bond donors (Lipinski definition) is 2. The second kappa shape index (κ2) is 11.4. The van der Waals surface area contributed by atoms with Gasteiger partial charge < -0.3 is 20.1 Å². The van der Waals surface area contributed by atoms with Crippen molar-refractivity contribution in [2.75, 3.05) is 40.0 Å². The van der Waals surface area contributed by atoms with E-state index < -0.39 is 0 Å². The fourth-order valence-corrected chi connectivity index (χ4v) is 1.75. The van der Waals surface area contributed by atoms with Gasteiger partial charge in [-0.05, 0) is 25.5 Å². The van der Waals surface area contributed by atoms with Gasteiger partial charge in [0.2, 0.25) is 0 Å². The minimum Gasteiger partial charge on any atom is -0.484 e. The predicted molar refractivity (Wildman–Crippen MR) is 86.4 cm³/mol. The van der Waals surface area contributed by atoms with Gasteiger partial charge in [-0.1, -0.05) is 17.7 Å². The number of aryl methyl sites for hydroxylation is 2. The van der Waals surface area contributed by atoms with Crippen LogP contribution in [0.3, 0.4) is 0 Å². The van der Waals surface area contributed by atoms with Crippen LogP contribution in [0.15, 0.2) is 18.2 Å². The lowest BCUT2D eigenvalue weighted by Crippen LogP contribution is -2.35. The number of amides is 1. The minimum atomic E-state index is -0.112. The highest BCUT2D eigenvalue weighted by Crippen LogP contribution is 2.18. The highest BCUT2D eigenvalue weighted by Gasteiger charge is 2.04. The summed E-state index contributed by atoms with van der Waals surface area (Å²) in [5.41, 5.74) is 2.22. The third-order valence-electron chi connectivity index (χ3n) is 2.80. The van der Waals surface area contributed by atoms with Crippen LogP contribution in [0.25, 0.3) is 0 Å². The maximum atomic E-state index is 11.6. The zero-order chi connectivity index (χ0) is 14.8. The monoisotopic (exact) mass is 316 g/mol. The number of benzene rings is 1. The van der Waals surface area contributed by atoms with E-state index in [2.05, 4.69) is 10.6 Å². The lowest BCUT2D eigenvalue weighted by atomic mass is 10.1. The molecule has 0 unspecified atom stereocenters. The predicted octanol–water partition coefficient (Wildman–Crippen LogP) is 1.46. The molecule has 0 heterocycles.